The van der Waals surface area contributed by atoms with E-state index in [1.807, 2.05) is 0 Å². The predicted octanol–water partition coefficient (Wildman–Crippen LogP) is 1.59. The minimum absolute atomic E-state index is 0.206. The molecule has 1 aromatic rings. The van der Waals surface area contributed by atoms with E-state index in [9.17, 15) is 9.18 Å². The molecular weight excluding hydrogens is 229 g/mol. The largest absolute Gasteiger partial charge is 0.467 e. The van der Waals surface area contributed by atoms with Gasteiger partial charge >= 0.3 is 0 Å². The van der Waals surface area contributed by atoms with Crippen LogP contribution in [0.25, 0.3) is 0 Å². The lowest BCUT2D eigenvalue weighted by atomic mass is 10.4. The molecule has 0 aliphatic rings. The maximum absolute atomic E-state index is 12.2. The van der Waals surface area contributed by atoms with Crippen LogP contribution in [0.3, 0.4) is 0 Å². The SMILES string of the molecule is O=C(NCc1ccco1)C(F)Br. The molecule has 0 saturated carbocycles. The Balaban J connectivity index is 2.32. The molecule has 0 aliphatic heterocycles. The molecule has 5 heteroatoms. The fourth-order valence-corrected chi connectivity index (χ4v) is 0.826. The predicted molar refractivity (Wildman–Crippen MR) is 44.4 cm³/mol. The molecule has 0 saturated heterocycles. The van der Waals surface area contributed by atoms with Gasteiger partial charge in [0.15, 0.2) is 0 Å². The molecule has 1 rings (SSSR count). The van der Waals surface area contributed by atoms with Gasteiger partial charge in [-0.05, 0) is 28.1 Å². The molecule has 0 bridgehead atoms. The van der Waals surface area contributed by atoms with Crippen LogP contribution < -0.4 is 5.32 Å². The second kappa shape index (κ2) is 4.25. The molecular formula is C7H7BrFNO2. The molecule has 0 aromatic carbocycles. The highest BCUT2D eigenvalue weighted by Crippen LogP contribution is 2.02. The molecule has 1 amide bonds. The second-order valence-corrected chi connectivity index (χ2v) is 2.90. The van der Waals surface area contributed by atoms with Crippen molar-refractivity contribution in [1.82, 2.24) is 5.32 Å². The van der Waals surface area contributed by atoms with Crippen molar-refractivity contribution in [3.8, 4) is 0 Å². The molecule has 0 aliphatic carbocycles. The number of hydrogen-bond donors (Lipinski definition) is 1. The first-order valence-corrected chi connectivity index (χ1v) is 4.20. The van der Waals surface area contributed by atoms with Crippen LogP contribution in [0.1, 0.15) is 5.76 Å². The zero-order valence-corrected chi connectivity index (χ0v) is 7.67. The second-order valence-electron chi connectivity index (χ2n) is 2.10. The van der Waals surface area contributed by atoms with Crippen LogP contribution in [0.4, 0.5) is 4.39 Å². The van der Waals surface area contributed by atoms with Crippen molar-refractivity contribution < 1.29 is 13.6 Å². The van der Waals surface area contributed by atoms with Gasteiger partial charge in [0.05, 0.1) is 12.8 Å². The van der Waals surface area contributed by atoms with Crippen molar-refractivity contribution in [3.05, 3.63) is 24.2 Å². The monoisotopic (exact) mass is 235 g/mol. The topological polar surface area (TPSA) is 42.2 Å². The maximum atomic E-state index is 12.2. The summed E-state index contributed by atoms with van der Waals surface area (Å²) >= 11 is 2.49. The Morgan fingerprint density at radius 1 is 1.83 bits per heavy atom. The van der Waals surface area contributed by atoms with E-state index in [1.165, 1.54) is 6.26 Å². The van der Waals surface area contributed by atoms with E-state index in [-0.39, 0.29) is 6.54 Å². The molecule has 3 nitrogen and oxygen atoms in total. The van der Waals surface area contributed by atoms with Crippen LogP contribution in [0.15, 0.2) is 22.8 Å². The van der Waals surface area contributed by atoms with Crippen LogP contribution in [0.5, 0.6) is 0 Å². The summed E-state index contributed by atoms with van der Waals surface area (Å²) in [6.07, 6.45) is 1.49. The van der Waals surface area contributed by atoms with Gasteiger partial charge in [-0.1, -0.05) is 0 Å². The Hall–Kier alpha value is -0.840. The zero-order chi connectivity index (χ0) is 8.97. The van der Waals surface area contributed by atoms with E-state index in [0.29, 0.717) is 5.76 Å². The van der Waals surface area contributed by atoms with Gasteiger partial charge in [-0.2, -0.15) is 0 Å². The van der Waals surface area contributed by atoms with Crippen molar-refractivity contribution in [2.45, 2.75) is 11.6 Å². The third-order valence-corrected chi connectivity index (χ3v) is 1.63. The van der Waals surface area contributed by atoms with Gasteiger partial charge in [0, 0.05) is 0 Å². The summed E-state index contributed by atoms with van der Waals surface area (Å²) in [6.45, 7) is 0.206. The van der Waals surface area contributed by atoms with Crippen molar-refractivity contribution >= 4 is 21.8 Å². The van der Waals surface area contributed by atoms with Gasteiger partial charge in [0.1, 0.15) is 5.76 Å². The molecule has 0 radical (unpaired) electrons. The highest BCUT2D eigenvalue weighted by atomic mass is 79.9. The summed E-state index contributed by atoms with van der Waals surface area (Å²) in [7, 11) is 0. The van der Waals surface area contributed by atoms with E-state index >= 15 is 0 Å². The first-order chi connectivity index (χ1) is 5.70. The first kappa shape index (κ1) is 9.25. The number of carbonyl (C=O) groups is 1. The van der Waals surface area contributed by atoms with Crippen molar-refractivity contribution in [2.24, 2.45) is 0 Å². The lowest BCUT2D eigenvalue weighted by molar-refractivity contribution is -0.123. The lowest BCUT2D eigenvalue weighted by Crippen LogP contribution is -2.27. The van der Waals surface area contributed by atoms with Crippen LogP contribution in [0, 0.1) is 0 Å². The quantitative estimate of drug-likeness (QED) is 0.809. The number of furan rings is 1. The van der Waals surface area contributed by atoms with E-state index < -0.39 is 11.0 Å². The Morgan fingerprint density at radius 2 is 2.58 bits per heavy atom. The number of carbonyl (C=O) groups excluding carboxylic acids is 1. The highest BCUT2D eigenvalue weighted by Gasteiger charge is 2.11. The zero-order valence-electron chi connectivity index (χ0n) is 6.09. The fourth-order valence-electron chi connectivity index (χ4n) is 0.665. The average molecular weight is 236 g/mol. The third-order valence-electron chi connectivity index (χ3n) is 1.22. The number of halogens is 2. The summed E-state index contributed by atoms with van der Waals surface area (Å²) in [5, 5.41) is 0.670. The van der Waals surface area contributed by atoms with Crippen molar-refractivity contribution in [2.75, 3.05) is 0 Å². The van der Waals surface area contributed by atoms with Crippen LogP contribution in [-0.2, 0) is 11.3 Å². The summed E-state index contributed by atoms with van der Waals surface area (Å²) < 4.78 is 17.1. The molecule has 0 spiro atoms. The Morgan fingerprint density at radius 3 is 3.08 bits per heavy atom. The van der Waals surface area contributed by atoms with Crippen molar-refractivity contribution in [3.63, 3.8) is 0 Å². The van der Waals surface area contributed by atoms with Gasteiger partial charge in [-0.25, -0.2) is 4.39 Å². The van der Waals surface area contributed by atoms with Crippen LogP contribution in [-0.4, -0.2) is 11.0 Å². The third kappa shape index (κ3) is 2.65. The number of nitrogens with one attached hydrogen (secondary N) is 1. The van der Waals surface area contributed by atoms with Crippen LogP contribution in [0.2, 0.25) is 0 Å². The van der Waals surface area contributed by atoms with E-state index in [2.05, 4.69) is 21.2 Å². The lowest BCUT2D eigenvalue weighted by Gasteiger charge is -2.01. The molecule has 1 atom stereocenters. The molecule has 1 unspecified atom stereocenters. The maximum Gasteiger partial charge on any atom is 0.266 e. The Kier molecular flexibility index (Phi) is 3.28. The van der Waals surface area contributed by atoms with Gasteiger partial charge in [-0.3, -0.25) is 4.79 Å². The van der Waals surface area contributed by atoms with E-state index in [4.69, 9.17) is 4.42 Å². The van der Waals surface area contributed by atoms with Gasteiger partial charge in [0.25, 0.3) is 5.91 Å². The molecule has 66 valence electrons. The first-order valence-electron chi connectivity index (χ1n) is 3.28. The number of alkyl halides is 2. The molecule has 12 heavy (non-hydrogen) atoms. The molecule has 1 aromatic heterocycles. The fraction of sp³-hybridized carbons (Fsp3) is 0.286. The van der Waals surface area contributed by atoms with Gasteiger partial charge < -0.3 is 9.73 Å². The average Bonchev–Trinajstić information content (AvgIpc) is 2.51. The Labute approximate surface area is 77.1 Å². The summed E-state index contributed by atoms with van der Waals surface area (Å²) in [4.78, 5) is 10.7. The summed E-state index contributed by atoms with van der Waals surface area (Å²) in [6, 6.07) is 3.39. The summed E-state index contributed by atoms with van der Waals surface area (Å²) in [5.74, 6) is -0.108. The minimum atomic E-state index is -1.66. The molecule has 0 fully saturated rings. The minimum Gasteiger partial charge on any atom is -0.467 e. The Bertz CT molecular complexity index is 248. The normalized spacial score (nSPS) is 12.5. The summed E-state index contributed by atoms with van der Waals surface area (Å²) in [5.41, 5.74) is 0. The van der Waals surface area contributed by atoms with Crippen molar-refractivity contribution in [1.29, 1.82) is 0 Å². The number of amides is 1. The smallest absolute Gasteiger partial charge is 0.266 e. The van der Waals surface area contributed by atoms with E-state index in [0.717, 1.165) is 0 Å². The van der Waals surface area contributed by atoms with Gasteiger partial charge in [-0.15, -0.1) is 0 Å². The standard InChI is InChI=1S/C7H7BrFNO2/c8-6(9)7(11)10-4-5-2-1-3-12-5/h1-3,6H,4H2,(H,10,11). The van der Waals surface area contributed by atoms with Crippen LogP contribution >= 0.6 is 15.9 Å². The van der Waals surface area contributed by atoms with E-state index in [1.54, 1.807) is 12.1 Å². The highest BCUT2D eigenvalue weighted by molar-refractivity contribution is 9.09. The number of rotatable bonds is 3. The van der Waals surface area contributed by atoms with Gasteiger partial charge in [0.2, 0.25) is 5.08 Å². The molecule has 1 heterocycles. The number of hydrogen-bond acceptors (Lipinski definition) is 2. The molecule has 1 N–H and O–H groups in total.